The molecule has 134 valence electrons. The van der Waals surface area contributed by atoms with Crippen LogP contribution in [0.25, 0.3) is 0 Å². The highest BCUT2D eigenvalue weighted by Gasteiger charge is 2.26. The number of nitrogens with zero attached hydrogens (tertiary/aromatic N) is 1. The Morgan fingerprint density at radius 2 is 1.80 bits per heavy atom. The number of rotatable bonds is 6. The first-order valence-electron chi connectivity index (χ1n) is 8.33. The lowest BCUT2D eigenvalue weighted by Gasteiger charge is -2.10. The Bertz CT molecular complexity index is 818. The summed E-state index contributed by atoms with van der Waals surface area (Å²) >= 11 is 0. The minimum Gasteiger partial charge on any atom is -0.485 e. The predicted molar refractivity (Wildman–Crippen MR) is 96.7 cm³/mol. The Balaban J connectivity index is 2.30. The molecule has 0 radical (unpaired) electrons. The molecule has 5 heteroatoms. The molecule has 0 amide bonds. The molecule has 5 nitrogen and oxygen atoms in total. The second-order valence-electron chi connectivity index (χ2n) is 6.15. The molecule has 0 saturated heterocycles. The maximum absolute atomic E-state index is 12.7. The Morgan fingerprint density at radius 3 is 2.36 bits per heavy atom. The van der Waals surface area contributed by atoms with Crippen LogP contribution < -0.4 is 4.74 Å². The van der Waals surface area contributed by atoms with E-state index in [1.165, 1.54) is 7.11 Å². The molecule has 1 heterocycles. The zero-order valence-corrected chi connectivity index (χ0v) is 15.7. The van der Waals surface area contributed by atoms with Crippen molar-refractivity contribution in [1.29, 1.82) is 0 Å². The first kappa shape index (κ1) is 18.8. The van der Waals surface area contributed by atoms with Crippen LogP contribution in [0.15, 0.2) is 18.2 Å². The number of esters is 1. The third-order valence-corrected chi connectivity index (χ3v) is 4.43. The maximum atomic E-state index is 12.7. The van der Waals surface area contributed by atoms with E-state index in [1.807, 2.05) is 50.5 Å². The Labute approximate surface area is 148 Å². The van der Waals surface area contributed by atoms with Crippen molar-refractivity contribution in [1.82, 2.24) is 4.57 Å². The van der Waals surface area contributed by atoms with Gasteiger partial charge in [0.05, 0.1) is 7.11 Å². The molecule has 0 N–H and O–H groups in total. The van der Waals surface area contributed by atoms with Crippen LogP contribution in [0.3, 0.4) is 0 Å². The van der Waals surface area contributed by atoms with E-state index in [2.05, 4.69) is 0 Å². The van der Waals surface area contributed by atoms with Crippen molar-refractivity contribution in [2.75, 3.05) is 13.7 Å². The summed E-state index contributed by atoms with van der Waals surface area (Å²) in [5.41, 5.74) is 4.49. The summed E-state index contributed by atoms with van der Waals surface area (Å²) in [6.45, 7) is 10.0. The van der Waals surface area contributed by atoms with E-state index in [9.17, 15) is 9.59 Å². The Hall–Kier alpha value is -2.56. The monoisotopic (exact) mass is 343 g/mol. The van der Waals surface area contributed by atoms with Crippen LogP contribution in [0.2, 0.25) is 0 Å². The van der Waals surface area contributed by atoms with Crippen molar-refractivity contribution in [3.63, 3.8) is 0 Å². The number of ketones is 1. The maximum Gasteiger partial charge on any atom is 0.354 e. The zero-order chi connectivity index (χ0) is 18.7. The van der Waals surface area contributed by atoms with Gasteiger partial charge in [-0.25, -0.2) is 4.79 Å². The van der Waals surface area contributed by atoms with E-state index in [1.54, 1.807) is 6.92 Å². The highest BCUT2D eigenvalue weighted by molar-refractivity contribution is 6.03. The van der Waals surface area contributed by atoms with Gasteiger partial charge in [-0.05, 0) is 51.8 Å². The fourth-order valence-corrected chi connectivity index (χ4v) is 3.24. The number of carbonyl (C=O) groups excluding carboxylic acids is 2. The number of carbonyl (C=O) groups is 2. The summed E-state index contributed by atoms with van der Waals surface area (Å²) in [5, 5.41) is 0. The fourth-order valence-electron chi connectivity index (χ4n) is 3.24. The Morgan fingerprint density at radius 1 is 1.12 bits per heavy atom. The molecular weight excluding hydrogens is 318 g/mol. The SMILES string of the molecule is CCn1c(C)c(C(=O)COc2ccc(C)cc2C)c(C)c1C(=O)OC. The van der Waals surface area contributed by atoms with Crippen LogP contribution in [0.4, 0.5) is 0 Å². The molecule has 0 saturated carbocycles. The molecule has 0 aliphatic heterocycles. The van der Waals surface area contributed by atoms with Gasteiger partial charge in [0.2, 0.25) is 5.78 Å². The minimum atomic E-state index is -0.434. The first-order valence-corrected chi connectivity index (χ1v) is 8.33. The van der Waals surface area contributed by atoms with Gasteiger partial charge in [0.15, 0.2) is 6.61 Å². The highest BCUT2D eigenvalue weighted by atomic mass is 16.5. The summed E-state index contributed by atoms with van der Waals surface area (Å²) in [6, 6.07) is 5.83. The van der Waals surface area contributed by atoms with E-state index < -0.39 is 5.97 Å². The van der Waals surface area contributed by atoms with Crippen molar-refractivity contribution in [3.05, 3.63) is 51.8 Å². The standard InChI is InChI=1S/C20H25NO4/c1-7-21-15(5)18(14(4)19(21)20(23)24-6)16(22)11-25-17-9-8-12(2)10-13(17)3/h8-10H,7,11H2,1-6H3. The lowest BCUT2D eigenvalue weighted by Crippen LogP contribution is -2.14. The van der Waals surface area contributed by atoms with E-state index in [0.29, 0.717) is 29.1 Å². The van der Waals surface area contributed by atoms with Gasteiger partial charge in [0.1, 0.15) is 11.4 Å². The fraction of sp³-hybridized carbons (Fsp3) is 0.400. The van der Waals surface area contributed by atoms with Crippen molar-refractivity contribution in [3.8, 4) is 5.75 Å². The van der Waals surface area contributed by atoms with Crippen molar-refractivity contribution >= 4 is 11.8 Å². The molecule has 1 aromatic carbocycles. The van der Waals surface area contributed by atoms with Gasteiger partial charge in [-0.1, -0.05) is 17.7 Å². The van der Waals surface area contributed by atoms with Gasteiger partial charge in [-0.15, -0.1) is 0 Å². The molecule has 0 bridgehead atoms. The molecule has 0 aliphatic carbocycles. The molecule has 25 heavy (non-hydrogen) atoms. The summed E-state index contributed by atoms with van der Waals surface area (Å²) in [7, 11) is 1.34. The smallest absolute Gasteiger partial charge is 0.354 e. The van der Waals surface area contributed by atoms with Crippen molar-refractivity contribution in [2.24, 2.45) is 0 Å². The lowest BCUT2D eigenvalue weighted by atomic mass is 10.1. The van der Waals surface area contributed by atoms with Gasteiger partial charge >= 0.3 is 5.97 Å². The molecule has 0 spiro atoms. The number of hydrogen-bond donors (Lipinski definition) is 0. The third-order valence-electron chi connectivity index (χ3n) is 4.43. The van der Waals surface area contributed by atoms with Gasteiger partial charge in [0, 0.05) is 17.8 Å². The normalized spacial score (nSPS) is 10.6. The number of ether oxygens (including phenoxy) is 2. The summed E-state index contributed by atoms with van der Waals surface area (Å²) in [4.78, 5) is 24.8. The number of methoxy groups -OCH3 is 1. The second kappa shape index (κ2) is 7.55. The van der Waals surface area contributed by atoms with Crippen LogP contribution in [0.5, 0.6) is 5.75 Å². The van der Waals surface area contributed by atoms with Crippen LogP contribution in [0.1, 0.15) is 50.2 Å². The van der Waals surface area contributed by atoms with E-state index in [4.69, 9.17) is 9.47 Å². The van der Waals surface area contributed by atoms with Crippen molar-refractivity contribution < 1.29 is 19.1 Å². The van der Waals surface area contributed by atoms with Gasteiger partial charge in [-0.2, -0.15) is 0 Å². The molecule has 2 aromatic rings. The largest absolute Gasteiger partial charge is 0.485 e. The van der Waals surface area contributed by atoms with E-state index >= 15 is 0 Å². The minimum absolute atomic E-state index is 0.0695. The van der Waals surface area contributed by atoms with Gasteiger partial charge in [0.25, 0.3) is 0 Å². The summed E-state index contributed by atoms with van der Waals surface area (Å²) < 4.78 is 12.4. The van der Waals surface area contributed by atoms with Crippen LogP contribution in [0, 0.1) is 27.7 Å². The van der Waals surface area contributed by atoms with E-state index in [0.717, 1.165) is 16.8 Å². The summed E-state index contributed by atoms with van der Waals surface area (Å²) in [5.74, 6) is 0.112. The number of aromatic nitrogens is 1. The average molecular weight is 343 g/mol. The van der Waals surface area contributed by atoms with E-state index in [-0.39, 0.29) is 12.4 Å². The van der Waals surface area contributed by atoms with Crippen LogP contribution >= 0.6 is 0 Å². The van der Waals surface area contributed by atoms with Crippen LogP contribution in [-0.2, 0) is 11.3 Å². The molecule has 0 unspecified atom stereocenters. The Kier molecular flexibility index (Phi) is 5.67. The number of hydrogen-bond acceptors (Lipinski definition) is 4. The zero-order valence-electron chi connectivity index (χ0n) is 15.7. The second-order valence-corrected chi connectivity index (χ2v) is 6.15. The summed E-state index contributed by atoms with van der Waals surface area (Å²) in [6.07, 6.45) is 0. The van der Waals surface area contributed by atoms with Gasteiger partial charge < -0.3 is 14.0 Å². The quantitative estimate of drug-likeness (QED) is 0.591. The average Bonchev–Trinajstić information content (AvgIpc) is 2.83. The topological polar surface area (TPSA) is 57.5 Å². The number of aryl methyl sites for hydroxylation is 2. The highest BCUT2D eigenvalue weighted by Crippen LogP contribution is 2.25. The molecule has 2 rings (SSSR count). The number of Topliss-reactive ketones (excluding diaryl/α,β-unsaturated/α-hetero) is 1. The van der Waals surface area contributed by atoms with Gasteiger partial charge in [-0.3, -0.25) is 4.79 Å². The van der Waals surface area contributed by atoms with Crippen molar-refractivity contribution in [2.45, 2.75) is 41.2 Å². The first-order chi connectivity index (χ1) is 11.8. The lowest BCUT2D eigenvalue weighted by molar-refractivity contribution is 0.0587. The molecule has 0 atom stereocenters. The molecule has 0 aliphatic rings. The van der Waals surface area contributed by atoms with Crippen LogP contribution in [-0.4, -0.2) is 30.0 Å². The molecule has 0 fully saturated rings. The third kappa shape index (κ3) is 3.60. The number of benzene rings is 1. The predicted octanol–water partition coefficient (Wildman–Crippen LogP) is 3.79. The molecular formula is C20H25NO4. The molecule has 1 aromatic heterocycles.